The summed E-state index contributed by atoms with van der Waals surface area (Å²) in [5, 5.41) is 26.2. The Morgan fingerprint density at radius 2 is 2.05 bits per heavy atom. The number of carbonyl (C=O) groups is 1. The number of hydrogen-bond donors (Lipinski definition) is 3. The lowest BCUT2D eigenvalue weighted by molar-refractivity contribution is -0.383. The maximum atomic E-state index is 11.9. The minimum absolute atomic E-state index is 0.0614. The van der Waals surface area contributed by atoms with E-state index in [0.29, 0.717) is 12.1 Å². The van der Waals surface area contributed by atoms with E-state index in [-0.39, 0.29) is 24.2 Å². The van der Waals surface area contributed by atoms with Gasteiger partial charge in [0.25, 0.3) is 5.69 Å². The van der Waals surface area contributed by atoms with E-state index in [9.17, 15) is 20.0 Å². The Hall–Kier alpha value is -2.15. The fourth-order valence-corrected chi connectivity index (χ4v) is 2.50. The first-order valence-electron chi connectivity index (χ1n) is 7.02. The number of carbonyl (C=O) groups excluding carboxylic acids is 1. The van der Waals surface area contributed by atoms with E-state index in [0.717, 1.165) is 19.3 Å². The summed E-state index contributed by atoms with van der Waals surface area (Å²) in [7, 11) is 0. The molecule has 2 atom stereocenters. The van der Waals surface area contributed by atoms with Crippen LogP contribution in [-0.2, 0) is 4.79 Å². The van der Waals surface area contributed by atoms with Crippen LogP contribution in [0.1, 0.15) is 25.7 Å². The molecule has 3 N–H and O–H groups in total. The molecule has 0 spiro atoms. The number of nitrogens with one attached hydrogen (secondary N) is 2. The van der Waals surface area contributed by atoms with Crippen molar-refractivity contribution in [1.82, 2.24) is 5.32 Å². The van der Waals surface area contributed by atoms with Crippen LogP contribution in [-0.4, -0.2) is 34.6 Å². The van der Waals surface area contributed by atoms with Gasteiger partial charge in [0.1, 0.15) is 5.69 Å². The molecular weight excluding hydrogens is 274 g/mol. The number of benzene rings is 1. The molecule has 1 aromatic carbocycles. The number of para-hydroxylation sites is 2. The van der Waals surface area contributed by atoms with Crippen molar-refractivity contribution in [2.45, 2.75) is 37.8 Å². The molecule has 0 aromatic heterocycles. The van der Waals surface area contributed by atoms with Crippen LogP contribution in [0.5, 0.6) is 0 Å². The number of anilines is 1. The van der Waals surface area contributed by atoms with Crippen LogP contribution in [0.3, 0.4) is 0 Å². The van der Waals surface area contributed by atoms with Crippen LogP contribution in [0, 0.1) is 10.1 Å². The Labute approximate surface area is 122 Å². The third-order valence-electron chi connectivity index (χ3n) is 3.62. The second-order valence-corrected chi connectivity index (χ2v) is 5.15. The summed E-state index contributed by atoms with van der Waals surface area (Å²) in [4.78, 5) is 22.2. The molecule has 2 rings (SSSR count). The first-order valence-corrected chi connectivity index (χ1v) is 7.02. The summed E-state index contributed by atoms with van der Waals surface area (Å²) < 4.78 is 0. The van der Waals surface area contributed by atoms with Gasteiger partial charge in [0.2, 0.25) is 5.91 Å². The lowest BCUT2D eigenvalue weighted by Gasteiger charge is -2.28. The summed E-state index contributed by atoms with van der Waals surface area (Å²) in [6, 6.07) is 5.95. The number of aliphatic hydroxyl groups excluding tert-OH is 1. The zero-order valence-corrected chi connectivity index (χ0v) is 11.6. The van der Waals surface area contributed by atoms with Crippen molar-refractivity contribution in [3.63, 3.8) is 0 Å². The minimum atomic E-state index is -0.506. The van der Waals surface area contributed by atoms with Crippen molar-refractivity contribution in [3.05, 3.63) is 34.4 Å². The van der Waals surface area contributed by atoms with E-state index in [1.54, 1.807) is 18.2 Å². The van der Waals surface area contributed by atoms with Gasteiger partial charge in [-0.2, -0.15) is 0 Å². The van der Waals surface area contributed by atoms with E-state index < -0.39 is 11.0 Å². The van der Waals surface area contributed by atoms with Crippen molar-refractivity contribution >= 4 is 17.3 Å². The van der Waals surface area contributed by atoms with Gasteiger partial charge in [-0.3, -0.25) is 14.9 Å². The largest absolute Gasteiger partial charge is 0.391 e. The maximum absolute atomic E-state index is 11.9. The Morgan fingerprint density at radius 1 is 1.33 bits per heavy atom. The zero-order valence-electron chi connectivity index (χ0n) is 11.6. The summed E-state index contributed by atoms with van der Waals surface area (Å²) in [5.74, 6) is -0.279. The molecule has 0 aliphatic heterocycles. The van der Waals surface area contributed by atoms with Crippen LogP contribution in [0.25, 0.3) is 0 Å². The first-order chi connectivity index (χ1) is 10.1. The Balaban J connectivity index is 1.88. The molecule has 1 aliphatic carbocycles. The molecule has 1 saturated carbocycles. The van der Waals surface area contributed by atoms with Crippen LogP contribution in [0.4, 0.5) is 11.4 Å². The predicted molar refractivity (Wildman–Crippen MR) is 78.0 cm³/mol. The van der Waals surface area contributed by atoms with Gasteiger partial charge >= 0.3 is 0 Å². The zero-order chi connectivity index (χ0) is 15.2. The molecule has 2 unspecified atom stereocenters. The van der Waals surface area contributed by atoms with E-state index >= 15 is 0 Å². The highest BCUT2D eigenvalue weighted by atomic mass is 16.6. The van der Waals surface area contributed by atoms with Gasteiger partial charge in [-0.05, 0) is 18.9 Å². The third-order valence-corrected chi connectivity index (χ3v) is 3.62. The fourth-order valence-electron chi connectivity index (χ4n) is 2.50. The van der Waals surface area contributed by atoms with Crippen LogP contribution < -0.4 is 10.6 Å². The molecule has 0 bridgehead atoms. The molecule has 7 nitrogen and oxygen atoms in total. The molecule has 7 heteroatoms. The number of aliphatic hydroxyl groups is 1. The van der Waals surface area contributed by atoms with E-state index in [4.69, 9.17) is 0 Å². The standard InChI is InChI=1S/C14H19N3O4/c18-13-8-4-2-6-11(13)16-14(19)9-15-10-5-1-3-7-12(10)17(20)21/h1,3,5,7,11,13,15,18H,2,4,6,8-9H2,(H,16,19). The van der Waals surface area contributed by atoms with Gasteiger partial charge in [0.15, 0.2) is 0 Å². The number of hydrogen-bond acceptors (Lipinski definition) is 5. The van der Waals surface area contributed by atoms with E-state index in [1.807, 2.05) is 0 Å². The molecule has 1 amide bonds. The monoisotopic (exact) mass is 293 g/mol. The van der Waals surface area contributed by atoms with E-state index in [1.165, 1.54) is 6.07 Å². The average molecular weight is 293 g/mol. The normalized spacial score (nSPS) is 21.6. The number of nitrogens with zero attached hydrogens (tertiary/aromatic N) is 1. The molecule has 1 fully saturated rings. The third kappa shape index (κ3) is 4.16. The van der Waals surface area contributed by atoms with Gasteiger partial charge < -0.3 is 15.7 Å². The number of nitro groups is 1. The highest BCUT2D eigenvalue weighted by molar-refractivity contribution is 5.82. The lowest BCUT2D eigenvalue weighted by atomic mass is 9.92. The predicted octanol–water partition coefficient (Wildman–Crippen LogP) is 1.43. The molecule has 1 aromatic rings. The Kier molecular flexibility index (Phi) is 5.10. The second kappa shape index (κ2) is 7.03. The molecule has 114 valence electrons. The molecule has 0 heterocycles. The van der Waals surface area contributed by atoms with Gasteiger partial charge in [0, 0.05) is 6.07 Å². The van der Waals surface area contributed by atoms with Gasteiger partial charge in [-0.15, -0.1) is 0 Å². The Morgan fingerprint density at radius 3 is 2.76 bits per heavy atom. The van der Waals surface area contributed by atoms with Crippen molar-refractivity contribution in [2.75, 3.05) is 11.9 Å². The SMILES string of the molecule is O=C(CNc1ccccc1[N+](=O)[O-])NC1CCCCC1O. The van der Waals surface area contributed by atoms with Crippen molar-refractivity contribution in [3.8, 4) is 0 Å². The van der Waals surface area contributed by atoms with E-state index in [2.05, 4.69) is 10.6 Å². The Bertz CT molecular complexity index is 521. The topological polar surface area (TPSA) is 104 Å². The van der Waals surface area contributed by atoms with Crippen LogP contribution in [0.2, 0.25) is 0 Å². The minimum Gasteiger partial charge on any atom is -0.391 e. The van der Waals surface area contributed by atoms with Crippen molar-refractivity contribution < 1.29 is 14.8 Å². The van der Waals surface area contributed by atoms with Crippen LogP contribution in [0.15, 0.2) is 24.3 Å². The lowest BCUT2D eigenvalue weighted by Crippen LogP contribution is -2.46. The highest BCUT2D eigenvalue weighted by Crippen LogP contribution is 2.23. The van der Waals surface area contributed by atoms with Crippen LogP contribution >= 0.6 is 0 Å². The quantitative estimate of drug-likeness (QED) is 0.562. The van der Waals surface area contributed by atoms with Gasteiger partial charge in [-0.25, -0.2) is 0 Å². The maximum Gasteiger partial charge on any atom is 0.292 e. The fraction of sp³-hybridized carbons (Fsp3) is 0.500. The molecule has 1 aliphatic rings. The number of nitro benzene ring substituents is 1. The van der Waals surface area contributed by atoms with Crippen molar-refractivity contribution in [1.29, 1.82) is 0 Å². The number of rotatable bonds is 5. The summed E-state index contributed by atoms with van der Waals surface area (Å²) in [5.41, 5.74) is 0.241. The number of amides is 1. The highest BCUT2D eigenvalue weighted by Gasteiger charge is 2.24. The first kappa shape index (κ1) is 15.2. The smallest absolute Gasteiger partial charge is 0.292 e. The summed E-state index contributed by atoms with van der Waals surface area (Å²) >= 11 is 0. The molecule has 21 heavy (non-hydrogen) atoms. The summed E-state index contributed by atoms with van der Waals surface area (Å²) in [6.45, 7) is -0.0614. The molecule has 0 radical (unpaired) electrons. The van der Waals surface area contributed by atoms with Gasteiger partial charge in [-0.1, -0.05) is 25.0 Å². The molecular formula is C14H19N3O4. The average Bonchev–Trinajstić information content (AvgIpc) is 2.48. The second-order valence-electron chi connectivity index (χ2n) is 5.15. The summed E-state index contributed by atoms with van der Waals surface area (Å²) in [6.07, 6.45) is 2.91. The van der Waals surface area contributed by atoms with Gasteiger partial charge in [0.05, 0.1) is 23.6 Å². The van der Waals surface area contributed by atoms with Crippen molar-refractivity contribution in [2.24, 2.45) is 0 Å². The molecule has 0 saturated heterocycles.